The van der Waals surface area contributed by atoms with Gasteiger partial charge in [0, 0.05) is 29.4 Å². The van der Waals surface area contributed by atoms with Crippen molar-refractivity contribution >= 4 is 23.1 Å². The summed E-state index contributed by atoms with van der Waals surface area (Å²) < 4.78 is 5.19. The van der Waals surface area contributed by atoms with Crippen molar-refractivity contribution in [3.63, 3.8) is 0 Å². The van der Waals surface area contributed by atoms with Gasteiger partial charge in [0.2, 0.25) is 11.8 Å². The normalized spacial score (nSPS) is 11.7. The zero-order valence-electron chi connectivity index (χ0n) is 13.8. The maximum Gasteiger partial charge on any atom is 0.240 e. The number of anilines is 1. The second kappa shape index (κ2) is 7.57. The molecule has 0 aliphatic carbocycles. The van der Waals surface area contributed by atoms with E-state index in [2.05, 4.69) is 23.1 Å². The van der Waals surface area contributed by atoms with Crippen molar-refractivity contribution in [2.24, 2.45) is 0 Å². The molecule has 0 aromatic carbocycles. The van der Waals surface area contributed by atoms with Gasteiger partial charge in [-0.3, -0.25) is 15.0 Å². The maximum absolute atomic E-state index is 12.2. The van der Waals surface area contributed by atoms with Crippen LogP contribution in [0.25, 0.3) is 0 Å². The number of nitrogens with zero attached hydrogens (tertiary/aromatic N) is 2. The largest absolute Gasteiger partial charge is 0.338 e. The number of carbonyl (C=O) groups excluding carboxylic acids is 1. The Morgan fingerprint density at radius 2 is 2.30 bits per heavy atom. The Morgan fingerprint density at radius 1 is 1.52 bits per heavy atom. The highest BCUT2D eigenvalue weighted by Crippen LogP contribution is 2.23. The highest BCUT2D eigenvalue weighted by molar-refractivity contribution is 7.09. The second-order valence-corrected chi connectivity index (χ2v) is 7.44. The fourth-order valence-electron chi connectivity index (χ4n) is 2.06. The van der Waals surface area contributed by atoms with Crippen molar-refractivity contribution < 1.29 is 9.32 Å². The van der Waals surface area contributed by atoms with Crippen molar-refractivity contribution in [1.29, 1.82) is 0 Å². The van der Waals surface area contributed by atoms with Crippen LogP contribution in [-0.4, -0.2) is 29.1 Å². The lowest BCUT2D eigenvalue weighted by Crippen LogP contribution is -2.32. The molecule has 0 radical (unpaired) electrons. The molecule has 1 N–H and O–H groups in total. The van der Waals surface area contributed by atoms with Gasteiger partial charge in [0.1, 0.15) is 0 Å². The van der Waals surface area contributed by atoms with Crippen LogP contribution in [0, 0.1) is 0 Å². The minimum absolute atomic E-state index is 0.111. The molecule has 0 aliphatic rings. The van der Waals surface area contributed by atoms with E-state index < -0.39 is 0 Å². The molecule has 5 nitrogen and oxygen atoms in total. The molecule has 0 saturated carbocycles. The first-order valence-corrected chi connectivity index (χ1v) is 8.39. The van der Waals surface area contributed by atoms with Crippen LogP contribution in [0.1, 0.15) is 31.3 Å². The number of nitrogens with one attached hydrogen (secondary N) is 1. The number of aromatic nitrogens is 1. The monoisotopic (exact) mass is 333 g/mol. The van der Waals surface area contributed by atoms with Gasteiger partial charge >= 0.3 is 0 Å². The van der Waals surface area contributed by atoms with Crippen molar-refractivity contribution in [3.8, 4) is 0 Å². The van der Waals surface area contributed by atoms with E-state index in [0.29, 0.717) is 12.4 Å². The Bertz CT molecular complexity index is 641. The predicted molar refractivity (Wildman–Crippen MR) is 93.6 cm³/mol. The van der Waals surface area contributed by atoms with E-state index in [4.69, 9.17) is 4.52 Å². The van der Waals surface area contributed by atoms with E-state index in [1.165, 1.54) is 4.88 Å². The fraction of sp³-hybridized carbons (Fsp3) is 0.412. The van der Waals surface area contributed by atoms with E-state index in [-0.39, 0.29) is 17.9 Å². The average Bonchev–Trinajstić information content (AvgIpc) is 3.09. The molecular formula is C17H23N3O2S. The third kappa shape index (κ3) is 5.33. The summed E-state index contributed by atoms with van der Waals surface area (Å²) in [5, 5.41) is 8.79. The van der Waals surface area contributed by atoms with Crippen molar-refractivity contribution in [1.82, 2.24) is 10.1 Å². The number of hydrogen-bond donors (Lipinski definition) is 1. The zero-order chi connectivity index (χ0) is 16.9. The smallest absolute Gasteiger partial charge is 0.240 e. The molecule has 2 heterocycles. The summed E-state index contributed by atoms with van der Waals surface area (Å²) in [5.74, 6) is 0.259. The zero-order valence-corrected chi connectivity index (χ0v) is 14.7. The first-order chi connectivity index (χ1) is 10.9. The first kappa shape index (κ1) is 17.4. The Morgan fingerprint density at radius 3 is 2.87 bits per heavy atom. The molecular weight excluding hydrogens is 310 g/mol. The van der Waals surface area contributed by atoms with Gasteiger partial charge < -0.3 is 4.52 Å². The van der Waals surface area contributed by atoms with Crippen molar-refractivity contribution in [2.45, 2.75) is 32.7 Å². The standard InChI is InChI=1S/C17H23N3O2S/c1-5-8-20(11-13-7-6-9-23-13)12-15(21)18-16-10-14(19-22-16)17(2,3)4/h5-7,9-10H,1,8,11-12H2,2-4H3,(H,18,21). The lowest BCUT2D eigenvalue weighted by Gasteiger charge is -2.18. The lowest BCUT2D eigenvalue weighted by molar-refractivity contribution is -0.117. The molecule has 0 unspecified atom stereocenters. The highest BCUT2D eigenvalue weighted by atomic mass is 32.1. The Balaban J connectivity index is 1.93. The van der Waals surface area contributed by atoms with Gasteiger partial charge in [-0.25, -0.2) is 0 Å². The van der Waals surface area contributed by atoms with Crippen molar-refractivity contribution in [3.05, 3.63) is 46.8 Å². The molecule has 0 atom stereocenters. The van der Waals surface area contributed by atoms with Crippen LogP contribution in [0.3, 0.4) is 0 Å². The summed E-state index contributed by atoms with van der Waals surface area (Å²) >= 11 is 1.68. The summed E-state index contributed by atoms with van der Waals surface area (Å²) in [4.78, 5) is 15.5. The quantitative estimate of drug-likeness (QED) is 0.786. The fourth-order valence-corrected chi connectivity index (χ4v) is 2.80. The minimum atomic E-state index is -0.125. The van der Waals surface area contributed by atoms with Crippen LogP contribution in [0.15, 0.2) is 40.8 Å². The maximum atomic E-state index is 12.2. The molecule has 2 rings (SSSR count). The molecule has 2 aromatic rings. The molecule has 0 spiro atoms. The molecule has 1 amide bonds. The average molecular weight is 333 g/mol. The first-order valence-electron chi connectivity index (χ1n) is 7.51. The molecule has 6 heteroatoms. The highest BCUT2D eigenvalue weighted by Gasteiger charge is 2.20. The summed E-state index contributed by atoms with van der Waals surface area (Å²) in [7, 11) is 0. The molecule has 124 valence electrons. The minimum Gasteiger partial charge on any atom is -0.338 e. The molecule has 0 aliphatic heterocycles. The van der Waals surface area contributed by atoms with E-state index in [1.54, 1.807) is 23.5 Å². The third-order valence-electron chi connectivity index (χ3n) is 3.26. The number of thiophene rings is 1. The summed E-state index contributed by atoms with van der Waals surface area (Å²) in [6.07, 6.45) is 1.80. The molecule has 0 fully saturated rings. The summed E-state index contributed by atoms with van der Waals surface area (Å²) in [6, 6.07) is 5.84. The van der Waals surface area contributed by atoms with E-state index in [1.807, 2.05) is 37.1 Å². The molecule has 2 aromatic heterocycles. The number of amides is 1. The van der Waals surface area contributed by atoms with Crippen LogP contribution in [0.4, 0.5) is 5.88 Å². The lowest BCUT2D eigenvalue weighted by atomic mass is 9.92. The number of hydrogen-bond acceptors (Lipinski definition) is 5. The molecule has 0 bridgehead atoms. The Kier molecular flexibility index (Phi) is 5.74. The van der Waals surface area contributed by atoms with Crippen LogP contribution >= 0.6 is 11.3 Å². The van der Waals surface area contributed by atoms with E-state index >= 15 is 0 Å². The Hall–Kier alpha value is -1.92. The SMILES string of the molecule is C=CCN(CC(=O)Nc1cc(C(C)(C)C)no1)Cc1cccs1. The van der Waals surface area contributed by atoms with E-state index in [0.717, 1.165) is 12.2 Å². The van der Waals surface area contributed by atoms with Crippen LogP contribution in [0.5, 0.6) is 0 Å². The number of carbonyl (C=O) groups is 1. The van der Waals surface area contributed by atoms with Gasteiger partial charge in [0.15, 0.2) is 0 Å². The molecule has 0 saturated heterocycles. The second-order valence-electron chi connectivity index (χ2n) is 6.41. The molecule has 23 heavy (non-hydrogen) atoms. The van der Waals surface area contributed by atoms with Gasteiger partial charge in [-0.1, -0.05) is 38.1 Å². The summed E-state index contributed by atoms with van der Waals surface area (Å²) in [5.41, 5.74) is 0.704. The third-order valence-corrected chi connectivity index (χ3v) is 4.12. The topological polar surface area (TPSA) is 58.4 Å². The summed E-state index contributed by atoms with van der Waals surface area (Å²) in [6.45, 7) is 11.5. The van der Waals surface area contributed by atoms with E-state index in [9.17, 15) is 4.79 Å². The number of rotatable bonds is 7. The van der Waals surface area contributed by atoms with Gasteiger partial charge in [-0.05, 0) is 11.4 Å². The van der Waals surface area contributed by atoms with Gasteiger partial charge in [-0.15, -0.1) is 17.9 Å². The predicted octanol–water partition coefficient (Wildman–Crippen LogP) is 3.66. The van der Waals surface area contributed by atoms with Gasteiger partial charge in [0.05, 0.1) is 12.2 Å². The van der Waals surface area contributed by atoms with Gasteiger partial charge in [0.25, 0.3) is 0 Å². The Labute approximate surface area is 141 Å². The van der Waals surface area contributed by atoms with Crippen molar-refractivity contribution in [2.75, 3.05) is 18.4 Å². The van der Waals surface area contributed by atoms with Crippen LogP contribution in [0.2, 0.25) is 0 Å². The van der Waals surface area contributed by atoms with Gasteiger partial charge in [-0.2, -0.15) is 0 Å². The van der Waals surface area contributed by atoms with Crippen LogP contribution in [-0.2, 0) is 16.8 Å². The van der Waals surface area contributed by atoms with Crippen LogP contribution < -0.4 is 5.32 Å².